The van der Waals surface area contributed by atoms with E-state index in [2.05, 4.69) is 32.9 Å². The Hall–Kier alpha value is -2.07. The second-order valence-corrected chi connectivity index (χ2v) is 8.53. The highest BCUT2D eigenvalue weighted by atomic mass is 32.2. The summed E-state index contributed by atoms with van der Waals surface area (Å²) in [6, 6.07) is 15.5. The van der Waals surface area contributed by atoms with Gasteiger partial charge in [0.1, 0.15) is 12.0 Å². The van der Waals surface area contributed by atoms with Crippen molar-refractivity contribution in [1.29, 1.82) is 0 Å². The van der Waals surface area contributed by atoms with Crippen LogP contribution in [0.2, 0.25) is 0 Å². The van der Waals surface area contributed by atoms with E-state index >= 15 is 0 Å². The summed E-state index contributed by atoms with van der Waals surface area (Å²) in [4.78, 5) is 23.4. The van der Waals surface area contributed by atoms with Gasteiger partial charge in [-0.25, -0.2) is 0 Å². The molecule has 0 aliphatic heterocycles. The average Bonchev–Trinajstić information content (AvgIpc) is 3.40. The molecule has 4 heteroatoms. The fourth-order valence-corrected chi connectivity index (χ4v) is 4.50. The van der Waals surface area contributed by atoms with E-state index in [1.165, 1.54) is 11.2 Å². The van der Waals surface area contributed by atoms with Crippen molar-refractivity contribution in [3.05, 3.63) is 58.8 Å². The first kappa shape index (κ1) is 22.2. The van der Waals surface area contributed by atoms with Crippen LogP contribution < -0.4 is 10.2 Å². The fraction of sp³-hybridized carbons (Fsp3) is 0.417. The van der Waals surface area contributed by atoms with Crippen LogP contribution >= 0.6 is 11.8 Å². The minimum Gasteiger partial charge on any atom is -0.497 e. The average molecular weight is 399 g/mol. The van der Waals surface area contributed by atoms with Gasteiger partial charge in [0.05, 0.1) is 7.11 Å². The summed E-state index contributed by atoms with van der Waals surface area (Å²) in [6.07, 6.45) is 5.31. The summed E-state index contributed by atoms with van der Waals surface area (Å²) in [6.45, 7) is 6.46. The molecule has 0 aromatic heterocycles. The number of carbonyl (C=O) groups excluding carboxylic acids is 1. The van der Waals surface area contributed by atoms with E-state index in [-0.39, 0.29) is 16.1 Å². The van der Waals surface area contributed by atoms with Crippen LogP contribution in [0.5, 0.6) is 5.75 Å². The quantitative estimate of drug-likeness (QED) is 0.326. The van der Waals surface area contributed by atoms with Crippen LogP contribution in [0.25, 0.3) is 10.8 Å². The van der Waals surface area contributed by atoms with E-state index in [1.54, 1.807) is 18.9 Å². The van der Waals surface area contributed by atoms with Crippen LogP contribution in [0.3, 0.4) is 0 Å². The maximum atomic E-state index is 11.7. The molecule has 0 amide bonds. The van der Waals surface area contributed by atoms with Gasteiger partial charge < -0.3 is 9.53 Å². The monoisotopic (exact) mass is 398 g/mol. The number of rotatable bonds is 9. The molecule has 0 radical (unpaired) electrons. The first-order valence-corrected chi connectivity index (χ1v) is 10.8. The zero-order valence-corrected chi connectivity index (χ0v) is 18.1. The molecule has 0 fully saturated rings. The zero-order chi connectivity index (χ0) is 20.6. The van der Waals surface area contributed by atoms with Crippen LogP contribution in [0.1, 0.15) is 46.5 Å². The normalized spacial score (nSPS) is 14.1. The summed E-state index contributed by atoms with van der Waals surface area (Å²) >= 11 is 1.78. The molecule has 3 rings (SSSR count). The molecule has 28 heavy (non-hydrogen) atoms. The Morgan fingerprint density at radius 2 is 1.68 bits per heavy atom. The van der Waals surface area contributed by atoms with Crippen LogP contribution in [-0.2, 0) is 4.79 Å². The van der Waals surface area contributed by atoms with E-state index in [0.29, 0.717) is 0 Å². The molecule has 2 atom stereocenters. The predicted octanol–water partition coefficient (Wildman–Crippen LogP) is 6.04. The number of methoxy groups -OCH3 is 1. The Kier molecular flexibility index (Phi) is 8.31. The molecule has 0 aliphatic carbocycles. The van der Waals surface area contributed by atoms with Gasteiger partial charge in [-0.2, -0.15) is 0 Å². The molecular formula is C24H30O3S. The molecule has 0 saturated heterocycles. The minimum atomic E-state index is -0.208. The van der Waals surface area contributed by atoms with Crippen molar-refractivity contribution in [3.8, 4) is 5.75 Å². The van der Waals surface area contributed by atoms with Gasteiger partial charge in [-0.1, -0.05) is 57.9 Å². The number of aldehydes is 1. The van der Waals surface area contributed by atoms with Gasteiger partial charge in [-0.3, -0.25) is 4.79 Å². The van der Waals surface area contributed by atoms with Gasteiger partial charge in [0, 0.05) is 26.3 Å². The molecular weight excluding hydrogens is 368 g/mol. The van der Waals surface area contributed by atoms with Gasteiger partial charge in [-0.15, -0.1) is 11.8 Å². The number of ether oxygens (including phenoxy) is 1. The number of hydrogen-bond acceptors (Lipinski definition) is 4. The molecule has 0 bridgehead atoms. The second kappa shape index (κ2) is 10.5. The molecule has 0 N–H and O–H groups in total. The summed E-state index contributed by atoms with van der Waals surface area (Å²) in [5.74, 6) is 0.866. The zero-order valence-electron chi connectivity index (χ0n) is 17.2. The molecule has 150 valence electrons. The number of fused-ring (bicyclic) bond motifs is 1. The van der Waals surface area contributed by atoms with Crippen LogP contribution in [0, 0.1) is 5.41 Å². The number of carbonyl (C=O) groups is 1. The van der Waals surface area contributed by atoms with Gasteiger partial charge >= 0.3 is 0 Å². The highest BCUT2D eigenvalue weighted by Gasteiger charge is 2.34. The molecule has 2 unspecified atom stereocenters. The first-order chi connectivity index (χ1) is 13.5. The lowest BCUT2D eigenvalue weighted by atomic mass is 9.79. The molecule has 0 aliphatic rings. The minimum absolute atomic E-state index is 0.208. The molecule has 3 nitrogen and oxygen atoms in total. The predicted molar refractivity (Wildman–Crippen MR) is 119 cm³/mol. The second-order valence-electron chi connectivity index (χ2n) is 7.12. The van der Waals surface area contributed by atoms with Crippen molar-refractivity contribution in [3.63, 3.8) is 0 Å². The Balaban J connectivity index is 0.000000285. The molecule has 0 saturated carbocycles. The third kappa shape index (κ3) is 5.48. The number of thioether (sulfide) groups is 1. The van der Waals surface area contributed by atoms with Crippen LogP contribution in [0.15, 0.2) is 58.2 Å². The van der Waals surface area contributed by atoms with E-state index in [1.807, 2.05) is 36.4 Å². The SMILES string of the molecule is CCCCC(C=O)(CC)C(C)Sc1ccc(OC)cc1.O=c1c2ccccc12. The Labute approximate surface area is 172 Å². The lowest BCUT2D eigenvalue weighted by molar-refractivity contribution is -0.116. The van der Waals surface area contributed by atoms with Crippen molar-refractivity contribution < 1.29 is 9.53 Å². The van der Waals surface area contributed by atoms with E-state index < -0.39 is 0 Å². The van der Waals surface area contributed by atoms with Gasteiger partial charge in [0.15, 0.2) is 5.43 Å². The number of unbranched alkanes of at least 4 members (excludes halogenated alkanes) is 1. The maximum absolute atomic E-state index is 11.7. The van der Waals surface area contributed by atoms with Crippen molar-refractivity contribution >= 4 is 28.8 Å². The number of hydrogen-bond donors (Lipinski definition) is 0. The van der Waals surface area contributed by atoms with Crippen molar-refractivity contribution in [2.24, 2.45) is 5.41 Å². The molecule has 3 aromatic carbocycles. The van der Waals surface area contributed by atoms with Crippen molar-refractivity contribution in [1.82, 2.24) is 0 Å². The van der Waals surface area contributed by atoms with Crippen molar-refractivity contribution in [2.45, 2.75) is 56.6 Å². The molecule has 3 aromatic rings. The van der Waals surface area contributed by atoms with Gasteiger partial charge in [-0.05, 0) is 37.1 Å². The summed E-state index contributed by atoms with van der Waals surface area (Å²) < 4.78 is 5.17. The lowest BCUT2D eigenvalue weighted by Crippen LogP contribution is -2.32. The number of benzene rings is 2. The maximum Gasteiger partial charge on any atom is 0.194 e. The highest BCUT2D eigenvalue weighted by molar-refractivity contribution is 8.00. The highest BCUT2D eigenvalue weighted by Crippen LogP contribution is 2.40. The van der Waals surface area contributed by atoms with E-state index in [4.69, 9.17) is 4.74 Å². The van der Waals surface area contributed by atoms with Gasteiger partial charge in [0.25, 0.3) is 0 Å². The van der Waals surface area contributed by atoms with Crippen LogP contribution in [0.4, 0.5) is 0 Å². The first-order valence-electron chi connectivity index (χ1n) is 9.92. The fourth-order valence-electron chi connectivity index (χ4n) is 3.22. The summed E-state index contributed by atoms with van der Waals surface area (Å²) in [5.41, 5.74) is 0.00986. The third-order valence-corrected chi connectivity index (χ3v) is 6.79. The molecule has 0 heterocycles. The Bertz CT molecular complexity index is 846. The largest absolute Gasteiger partial charge is 0.497 e. The van der Waals surface area contributed by atoms with E-state index in [0.717, 1.165) is 42.2 Å². The van der Waals surface area contributed by atoms with Gasteiger partial charge in [0.2, 0.25) is 0 Å². The van der Waals surface area contributed by atoms with Crippen molar-refractivity contribution in [2.75, 3.05) is 7.11 Å². The van der Waals surface area contributed by atoms with E-state index in [9.17, 15) is 9.59 Å². The third-order valence-electron chi connectivity index (χ3n) is 5.42. The standard InChI is InChI=1S/C17H26O2S.C7H4O/c1-5-7-12-17(6-2,13-18)14(3)20-16-10-8-15(19-4)9-11-16;8-7-5-3-1-2-4-6(5)7/h8-11,13-14H,5-7,12H2,1-4H3;1-4H. The lowest BCUT2D eigenvalue weighted by Gasteiger charge is -2.33. The molecule has 0 spiro atoms. The Morgan fingerprint density at radius 1 is 1.07 bits per heavy atom. The Morgan fingerprint density at radius 3 is 2.11 bits per heavy atom. The summed E-state index contributed by atoms with van der Waals surface area (Å²) in [5, 5.41) is 2.07. The van der Waals surface area contributed by atoms with Crippen LogP contribution in [-0.4, -0.2) is 18.6 Å². The smallest absolute Gasteiger partial charge is 0.194 e. The topological polar surface area (TPSA) is 43.4 Å². The summed E-state index contributed by atoms with van der Waals surface area (Å²) in [7, 11) is 1.67.